The van der Waals surface area contributed by atoms with E-state index in [9.17, 15) is 14.4 Å². The molecule has 0 spiro atoms. The predicted molar refractivity (Wildman–Crippen MR) is 86.5 cm³/mol. The summed E-state index contributed by atoms with van der Waals surface area (Å²) >= 11 is 0. The Kier molecular flexibility index (Phi) is 3.62. The number of hydrogen-bond acceptors (Lipinski definition) is 6. The summed E-state index contributed by atoms with van der Waals surface area (Å²) in [6.45, 7) is 5.75. The molecule has 3 heterocycles. The van der Waals surface area contributed by atoms with Gasteiger partial charge in [0.05, 0.1) is 12.5 Å². The molecule has 0 aromatic rings. The second kappa shape index (κ2) is 5.40. The molecule has 0 aromatic carbocycles. The van der Waals surface area contributed by atoms with Gasteiger partial charge in [0.1, 0.15) is 11.7 Å². The maximum absolute atomic E-state index is 12.8. The molecule has 0 aromatic heterocycles. The Bertz CT molecular complexity index is 690. The summed E-state index contributed by atoms with van der Waals surface area (Å²) in [4.78, 5) is 37.7. The molecule has 1 aliphatic carbocycles. The van der Waals surface area contributed by atoms with Gasteiger partial charge in [-0.15, -0.1) is 0 Å². The van der Waals surface area contributed by atoms with Crippen LogP contribution in [0.2, 0.25) is 0 Å². The second-order valence-electron chi connectivity index (χ2n) is 8.10. The largest absolute Gasteiger partial charge is 0.466 e. The van der Waals surface area contributed by atoms with Crippen LogP contribution in [-0.2, 0) is 28.6 Å². The van der Waals surface area contributed by atoms with E-state index in [4.69, 9.17) is 14.2 Å². The van der Waals surface area contributed by atoms with Crippen molar-refractivity contribution in [3.05, 3.63) is 11.1 Å². The normalized spacial score (nSPS) is 38.8. The highest BCUT2D eigenvalue weighted by atomic mass is 16.6. The number of fused-ring (bicyclic) bond motifs is 2. The lowest BCUT2D eigenvalue weighted by atomic mass is 9.60. The van der Waals surface area contributed by atoms with Crippen molar-refractivity contribution in [2.75, 3.05) is 6.61 Å². The topological polar surface area (TPSA) is 78.9 Å². The Morgan fingerprint density at radius 1 is 1.20 bits per heavy atom. The fraction of sp³-hybridized carbons (Fsp3) is 0.737. The van der Waals surface area contributed by atoms with Crippen molar-refractivity contribution in [2.24, 2.45) is 11.3 Å². The number of esters is 2. The van der Waals surface area contributed by atoms with E-state index in [1.165, 1.54) is 0 Å². The SMILES string of the molecule is CCOC(=O)[C@H]1C(C)(C)[C@H]2O[C@]1([C@H]1OC(=O)C3=C1CCCC3)CC2=O. The highest BCUT2D eigenvalue weighted by molar-refractivity contribution is 5.96. The van der Waals surface area contributed by atoms with Crippen LogP contribution in [0.25, 0.3) is 0 Å². The zero-order valence-corrected chi connectivity index (χ0v) is 14.9. The number of Topliss-reactive ketones (excluding diaryl/α,β-unsaturated/α-hetero) is 1. The Morgan fingerprint density at radius 3 is 2.64 bits per heavy atom. The molecule has 3 aliphatic heterocycles. The predicted octanol–water partition coefficient (Wildman–Crippen LogP) is 2.10. The summed E-state index contributed by atoms with van der Waals surface area (Å²) < 4.78 is 17.2. The number of cyclic esters (lactones) is 1. The van der Waals surface area contributed by atoms with Crippen molar-refractivity contribution in [3.8, 4) is 0 Å². The molecule has 4 aliphatic rings. The van der Waals surface area contributed by atoms with Gasteiger partial charge in [0.15, 0.2) is 11.9 Å². The number of hydrogen-bond donors (Lipinski definition) is 0. The number of carbonyl (C=O) groups is 3. The van der Waals surface area contributed by atoms with Gasteiger partial charge < -0.3 is 14.2 Å². The van der Waals surface area contributed by atoms with Crippen LogP contribution >= 0.6 is 0 Å². The molecule has 2 fully saturated rings. The average molecular weight is 348 g/mol. The van der Waals surface area contributed by atoms with Crippen molar-refractivity contribution in [1.82, 2.24) is 0 Å². The fourth-order valence-corrected chi connectivity index (χ4v) is 5.34. The third-order valence-corrected chi connectivity index (χ3v) is 6.25. The molecule has 0 amide bonds. The number of rotatable bonds is 3. The van der Waals surface area contributed by atoms with E-state index in [2.05, 4.69) is 0 Å². The lowest BCUT2D eigenvalue weighted by molar-refractivity contribution is -0.170. The van der Waals surface area contributed by atoms with Gasteiger partial charge in [0.25, 0.3) is 0 Å². The van der Waals surface area contributed by atoms with Crippen LogP contribution in [0.15, 0.2) is 11.1 Å². The quantitative estimate of drug-likeness (QED) is 0.727. The van der Waals surface area contributed by atoms with Gasteiger partial charge >= 0.3 is 11.9 Å². The third-order valence-electron chi connectivity index (χ3n) is 6.25. The van der Waals surface area contributed by atoms with E-state index in [0.29, 0.717) is 6.42 Å². The summed E-state index contributed by atoms with van der Waals surface area (Å²) in [6.07, 6.45) is 2.18. The molecule has 2 bridgehead atoms. The molecular formula is C19H24O6. The molecule has 0 N–H and O–H groups in total. The smallest absolute Gasteiger partial charge is 0.334 e. The van der Waals surface area contributed by atoms with Crippen molar-refractivity contribution in [3.63, 3.8) is 0 Å². The number of carbonyl (C=O) groups excluding carboxylic acids is 3. The van der Waals surface area contributed by atoms with Crippen LogP contribution in [0, 0.1) is 11.3 Å². The van der Waals surface area contributed by atoms with Gasteiger partial charge in [-0.05, 0) is 38.2 Å². The lowest BCUT2D eigenvalue weighted by Crippen LogP contribution is -2.56. The van der Waals surface area contributed by atoms with E-state index >= 15 is 0 Å². The van der Waals surface area contributed by atoms with Crippen LogP contribution < -0.4 is 0 Å². The summed E-state index contributed by atoms with van der Waals surface area (Å²) in [5.74, 6) is -1.34. The summed E-state index contributed by atoms with van der Waals surface area (Å²) in [6, 6.07) is 0. The van der Waals surface area contributed by atoms with Gasteiger partial charge in [-0.2, -0.15) is 0 Å². The first kappa shape index (κ1) is 16.8. The van der Waals surface area contributed by atoms with Crippen molar-refractivity contribution in [1.29, 1.82) is 0 Å². The van der Waals surface area contributed by atoms with Crippen molar-refractivity contribution >= 4 is 17.7 Å². The summed E-state index contributed by atoms with van der Waals surface area (Å²) in [5, 5.41) is 0. The Balaban J connectivity index is 1.80. The van der Waals surface area contributed by atoms with E-state index in [0.717, 1.165) is 30.4 Å². The monoisotopic (exact) mass is 348 g/mol. The average Bonchev–Trinajstić information content (AvgIpc) is 3.14. The van der Waals surface area contributed by atoms with Gasteiger partial charge in [0.2, 0.25) is 0 Å². The van der Waals surface area contributed by atoms with Gasteiger partial charge in [-0.1, -0.05) is 13.8 Å². The van der Waals surface area contributed by atoms with Gasteiger partial charge in [0, 0.05) is 17.4 Å². The Morgan fingerprint density at radius 2 is 1.92 bits per heavy atom. The first-order valence-corrected chi connectivity index (χ1v) is 9.13. The third kappa shape index (κ3) is 2.09. The minimum absolute atomic E-state index is 0.0218. The Labute approximate surface area is 146 Å². The van der Waals surface area contributed by atoms with Gasteiger partial charge in [-0.3, -0.25) is 9.59 Å². The van der Waals surface area contributed by atoms with Crippen LogP contribution in [0.1, 0.15) is 52.9 Å². The van der Waals surface area contributed by atoms with Gasteiger partial charge in [-0.25, -0.2) is 4.79 Å². The number of ketones is 1. The van der Waals surface area contributed by atoms with Crippen molar-refractivity contribution in [2.45, 2.75) is 70.7 Å². The molecular weight excluding hydrogens is 324 g/mol. The highest BCUT2D eigenvalue weighted by Crippen LogP contribution is 2.61. The Hall–Kier alpha value is -1.69. The molecule has 136 valence electrons. The summed E-state index contributed by atoms with van der Waals surface area (Å²) in [5.41, 5.74) is -0.165. The van der Waals surface area contributed by atoms with E-state index in [-0.39, 0.29) is 30.7 Å². The second-order valence-corrected chi connectivity index (χ2v) is 8.10. The molecule has 0 unspecified atom stereocenters. The maximum atomic E-state index is 12.8. The highest BCUT2D eigenvalue weighted by Gasteiger charge is 2.74. The minimum Gasteiger partial charge on any atom is -0.466 e. The first-order valence-electron chi connectivity index (χ1n) is 9.13. The molecule has 6 heteroatoms. The fourth-order valence-electron chi connectivity index (χ4n) is 5.34. The van der Waals surface area contributed by atoms with E-state index < -0.39 is 29.1 Å². The van der Waals surface area contributed by atoms with Crippen LogP contribution in [0.4, 0.5) is 0 Å². The molecule has 0 saturated carbocycles. The lowest BCUT2D eigenvalue weighted by Gasteiger charge is -2.41. The standard InChI is InChI=1S/C19H24O6/c1-4-23-17(22)13-18(2,3)15-12(20)9-19(13,25-15)14-10-7-5-6-8-11(10)16(21)24-14/h13-15H,4-9H2,1-3H3/t13-,14-,15-,19+/m0/s1. The zero-order valence-electron chi connectivity index (χ0n) is 14.9. The molecule has 2 saturated heterocycles. The van der Waals surface area contributed by atoms with Crippen LogP contribution in [0.5, 0.6) is 0 Å². The first-order chi connectivity index (χ1) is 11.8. The van der Waals surface area contributed by atoms with E-state index in [1.807, 2.05) is 13.8 Å². The zero-order chi connectivity index (χ0) is 18.0. The minimum atomic E-state index is -1.12. The molecule has 25 heavy (non-hydrogen) atoms. The molecule has 4 atom stereocenters. The van der Waals surface area contributed by atoms with E-state index in [1.54, 1.807) is 6.92 Å². The summed E-state index contributed by atoms with van der Waals surface area (Å²) in [7, 11) is 0. The van der Waals surface area contributed by atoms with Crippen molar-refractivity contribution < 1.29 is 28.6 Å². The molecule has 4 rings (SSSR count). The van der Waals surface area contributed by atoms with Crippen LogP contribution in [0.3, 0.4) is 0 Å². The maximum Gasteiger partial charge on any atom is 0.334 e. The number of ether oxygens (including phenoxy) is 3. The molecule has 0 radical (unpaired) electrons. The van der Waals surface area contributed by atoms with Crippen LogP contribution in [-0.4, -0.2) is 42.1 Å². The molecule has 6 nitrogen and oxygen atoms in total.